The van der Waals surface area contributed by atoms with Gasteiger partial charge in [-0.1, -0.05) is 17.8 Å². The van der Waals surface area contributed by atoms with Gasteiger partial charge in [0.25, 0.3) is 5.91 Å². The molecule has 4 heterocycles. The topological polar surface area (TPSA) is 90.8 Å². The number of rotatable bonds is 7. The van der Waals surface area contributed by atoms with Crippen LogP contribution in [0.15, 0.2) is 70.8 Å². The Morgan fingerprint density at radius 1 is 1.14 bits per heavy atom. The number of nitrogens with zero attached hydrogens (tertiary/aromatic N) is 5. The highest BCUT2D eigenvalue weighted by molar-refractivity contribution is 7.98. The van der Waals surface area contributed by atoms with Gasteiger partial charge in [-0.3, -0.25) is 14.5 Å². The third-order valence-electron chi connectivity index (χ3n) is 3.94. The van der Waals surface area contributed by atoms with E-state index in [0.29, 0.717) is 23.9 Å². The van der Waals surface area contributed by atoms with Crippen molar-refractivity contribution in [1.82, 2.24) is 24.3 Å². The molecule has 0 saturated carbocycles. The van der Waals surface area contributed by atoms with Gasteiger partial charge in [0, 0.05) is 37.9 Å². The molecular formula is C19H18N6O2S. The number of pyridine rings is 1. The van der Waals surface area contributed by atoms with Crippen LogP contribution in [0.1, 0.15) is 22.0 Å². The number of hydrogen-bond acceptors (Lipinski definition) is 6. The monoisotopic (exact) mass is 394 g/mol. The first-order chi connectivity index (χ1) is 13.7. The minimum Gasteiger partial charge on any atom is -0.455 e. The predicted molar refractivity (Wildman–Crippen MR) is 105 cm³/mol. The molecule has 0 aliphatic rings. The van der Waals surface area contributed by atoms with Gasteiger partial charge in [-0.2, -0.15) is 5.10 Å². The van der Waals surface area contributed by atoms with Crippen molar-refractivity contribution in [2.24, 2.45) is 7.05 Å². The summed E-state index contributed by atoms with van der Waals surface area (Å²) >= 11 is 1.54. The summed E-state index contributed by atoms with van der Waals surface area (Å²) in [5, 5.41) is 7.98. The Balaban J connectivity index is 1.34. The van der Waals surface area contributed by atoms with E-state index in [1.165, 1.54) is 0 Å². The largest absolute Gasteiger partial charge is 0.455 e. The van der Waals surface area contributed by atoms with Crippen molar-refractivity contribution in [2.45, 2.75) is 17.5 Å². The van der Waals surface area contributed by atoms with Crippen molar-refractivity contribution in [3.8, 4) is 0 Å². The molecule has 0 bridgehead atoms. The highest BCUT2D eigenvalue weighted by Gasteiger charge is 2.13. The third kappa shape index (κ3) is 4.32. The summed E-state index contributed by atoms with van der Waals surface area (Å²) in [4.78, 5) is 20.9. The summed E-state index contributed by atoms with van der Waals surface area (Å²) in [5.74, 6) is 1.67. The van der Waals surface area contributed by atoms with Crippen molar-refractivity contribution < 1.29 is 9.21 Å². The van der Waals surface area contributed by atoms with Gasteiger partial charge < -0.3 is 14.3 Å². The van der Waals surface area contributed by atoms with Gasteiger partial charge in [0.2, 0.25) is 0 Å². The first-order valence-electron chi connectivity index (χ1n) is 8.61. The third-order valence-corrected chi connectivity index (χ3v) is 5.02. The zero-order valence-corrected chi connectivity index (χ0v) is 16.0. The fraction of sp³-hybridized carbons (Fsp3) is 0.158. The molecule has 0 aliphatic heterocycles. The number of hydrogen-bond donors (Lipinski definition) is 1. The van der Waals surface area contributed by atoms with Crippen LogP contribution in [0.2, 0.25) is 0 Å². The van der Waals surface area contributed by atoms with Gasteiger partial charge in [0.1, 0.15) is 5.76 Å². The van der Waals surface area contributed by atoms with Crippen LogP contribution >= 0.6 is 11.8 Å². The molecule has 28 heavy (non-hydrogen) atoms. The Labute approximate surface area is 165 Å². The molecule has 142 valence electrons. The molecule has 0 radical (unpaired) electrons. The molecule has 1 amide bonds. The van der Waals surface area contributed by atoms with Crippen LogP contribution in [0.5, 0.6) is 0 Å². The van der Waals surface area contributed by atoms with E-state index in [-0.39, 0.29) is 11.7 Å². The summed E-state index contributed by atoms with van der Waals surface area (Å²) in [6.45, 7) is 0.534. The van der Waals surface area contributed by atoms with Crippen molar-refractivity contribution in [3.05, 3.63) is 78.4 Å². The first kappa shape index (κ1) is 18.1. The summed E-state index contributed by atoms with van der Waals surface area (Å²) in [7, 11) is 1.93. The van der Waals surface area contributed by atoms with Crippen molar-refractivity contribution in [2.75, 3.05) is 5.32 Å². The van der Waals surface area contributed by atoms with Crippen LogP contribution < -0.4 is 5.32 Å². The first-order valence-corrected chi connectivity index (χ1v) is 9.59. The molecule has 8 nitrogen and oxygen atoms in total. The van der Waals surface area contributed by atoms with Crippen LogP contribution in [-0.4, -0.2) is 30.2 Å². The van der Waals surface area contributed by atoms with E-state index in [1.54, 1.807) is 53.2 Å². The smallest absolute Gasteiger partial charge is 0.292 e. The molecule has 4 aromatic rings. The molecule has 0 aliphatic carbocycles. The molecule has 0 spiro atoms. The number of aryl methyl sites for hydroxylation is 1. The van der Waals surface area contributed by atoms with Gasteiger partial charge >= 0.3 is 0 Å². The maximum Gasteiger partial charge on any atom is 0.292 e. The van der Waals surface area contributed by atoms with Crippen LogP contribution in [0.4, 0.5) is 5.82 Å². The minimum absolute atomic E-state index is 0.245. The molecule has 0 atom stereocenters. The number of amides is 1. The van der Waals surface area contributed by atoms with Crippen molar-refractivity contribution in [1.29, 1.82) is 0 Å². The maximum absolute atomic E-state index is 12.4. The molecule has 4 aromatic heterocycles. The standard InChI is InChI=1S/C19H18N6O2S/c1-24-11-9-21-19(24)28-13-15-5-6-16(27-15)18(26)22-17-7-10-25(23-17)12-14-4-2-3-8-20-14/h2-11H,12-13H2,1H3,(H,22,23,26). The Bertz CT molecular complexity index is 1070. The zero-order valence-electron chi connectivity index (χ0n) is 15.1. The van der Waals surface area contributed by atoms with Gasteiger partial charge in [-0.15, -0.1) is 0 Å². The second-order valence-electron chi connectivity index (χ2n) is 6.05. The molecule has 0 unspecified atom stereocenters. The fourth-order valence-corrected chi connectivity index (χ4v) is 3.38. The molecular weight excluding hydrogens is 376 g/mol. The van der Waals surface area contributed by atoms with E-state index in [2.05, 4.69) is 20.4 Å². The average Bonchev–Trinajstić information content (AvgIpc) is 3.43. The molecule has 9 heteroatoms. The Kier molecular flexibility index (Phi) is 5.24. The van der Waals surface area contributed by atoms with E-state index in [1.807, 2.05) is 36.0 Å². The quantitative estimate of drug-likeness (QED) is 0.484. The number of imidazole rings is 1. The number of anilines is 1. The molecule has 0 aromatic carbocycles. The van der Waals surface area contributed by atoms with Crippen LogP contribution in [0.25, 0.3) is 0 Å². The lowest BCUT2D eigenvalue weighted by Gasteiger charge is -2.01. The molecule has 4 rings (SSSR count). The van der Waals surface area contributed by atoms with Crippen molar-refractivity contribution >= 4 is 23.5 Å². The number of carbonyl (C=O) groups excluding carboxylic acids is 1. The van der Waals surface area contributed by atoms with E-state index in [4.69, 9.17) is 4.42 Å². The summed E-state index contributed by atoms with van der Waals surface area (Å²) in [6.07, 6.45) is 7.16. The summed E-state index contributed by atoms with van der Waals surface area (Å²) in [5.41, 5.74) is 0.893. The molecule has 0 fully saturated rings. The highest BCUT2D eigenvalue weighted by Crippen LogP contribution is 2.22. The molecule has 1 N–H and O–H groups in total. The van der Waals surface area contributed by atoms with Crippen LogP contribution in [0, 0.1) is 0 Å². The lowest BCUT2D eigenvalue weighted by atomic mass is 10.3. The van der Waals surface area contributed by atoms with Crippen LogP contribution in [0.3, 0.4) is 0 Å². The van der Waals surface area contributed by atoms with Crippen LogP contribution in [-0.2, 0) is 19.3 Å². The highest BCUT2D eigenvalue weighted by atomic mass is 32.2. The summed E-state index contributed by atoms with van der Waals surface area (Å²) < 4.78 is 9.29. The number of furan rings is 1. The predicted octanol–water partition coefficient (Wildman–Crippen LogP) is 3.20. The SMILES string of the molecule is Cn1ccnc1SCc1ccc(C(=O)Nc2ccn(Cc3ccccn3)n2)o1. The van der Waals surface area contributed by atoms with E-state index < -0.39 is 0 Å². The van der Waals surface area contributed by atoms with Gasteiger partial charge in [0.05, 0.1) is 18.0 Å². The second-order valence-corrected chi connectivity index (χ2v) is 6.99. The van der Waals surface area contributed by atoms with Gasteiger partial charge in [-0.05, 0) is 24.3 Å². The Morgan fingerprint density at radius 3 is 2.86 bits per heavy atom. The van der Waals surface area contributed by atoms with Crippen molar-refractivity contribution in [3.63, 3.8) is 0 Å². The minimum atomic E-state index is -0.337. The Morgan fingerprint density at radius 2 is 2.07 bits per heavy atom. The number of nitrogens with one attached hydrogen (secondary N) is 1. The van der Waals surface area contributed by atoms with Gasteiger partial charge in [0.15, 0.2) is 16.7 Å². The molecule has 0 saturated heterocycles. The summed E-state index contributed by atoms with van der Waals surface area (Å²) in [6, 6.07) is 10.9. The van der Waals surface area contributed by atoms with Gasteiger partial charge in [-0.25, -0.2) is 4.98 Å². The average molecular weight is 394 g/mol. The van der Waals surface area contributed by atoms with E-state index in [0.717, 1.165) is 10.9 Å². The normalized spacial score (nSPS) is 10.9. The second kappa shape index (κ2) is 8.13. The Hall–Kier alpha value is -3.33. The zero-order chi connectivity index (χ0) is 19.3. The number of thioether (sulfide) groups is 1. The van der Waals surface area contributed by atoms with E-state index >= 15 is 0 Å². The van der Waals surface area contributed by atoms with E-state index in [9.17, 15) is 4.79 Å². The maximum atomic E-state index is 12.4. The number of carbonyl (C=O) groups is 1. The lowest BCUT2D eigenvalue weighted by Crippen LogP contribution is -2.12. The fourth-order valence-electron chi connectivity index (χ4n) is 2.56. The number of aromatic nitrogens is 5. The lowest BCUT2D eigenvalue weighted by molar-refractivity contribution is 0.0995.